The molecule has 1 amide bonds. The van der Waals surface area contributed by atoms with E-state index in [2.05, 4.69) is 10.4 Å². The number of fused-ring (bicyclic) bond motifs is 1. The molecule has 0 aliphatic heterocycles. The molecule has 0 aliphatic rings. The minimum absolute atomic E-state index is 0.232. The van der Waals surface area contributed by atoms with Gasteiger partial charge >= 0.3 is 11.6 Å². The minimum Gasteiger partial charge on any atom is -0.452 e. The molecular weight excluding hydrogens is 496 g/mol. The normalized spacial score (nSPS) is 10.8. The van der Waals surface area contributed by atoms with E-state index in [-0.39, 0.29) is 5.56 Å². The van der Waals surface area contributed by atoms with Crippen molar-refractivity contribution in [3.8, 4) is 23.0 Å². The van der Waals surface area contributed by atoms with E-state index in [1.807, 2.05) is 48.5 Å². The molecule has 9 nitrogen and oxygen atoms in total. The summed E-state index contributed by atoms with van der Waals surface area (Å²) >= 11 is 0. The van der Waals surface area contributed by atoms with Gasteiger partial charge < -0.3 is 14.5 Å². The lowest BCUT2D eigenvalue weighted by Gasteiger charge is -2.05. The zero-order valence-electron chi connectivity index (χ0n) is 20.4. The van der Waals surface area contributed by atoms with E-state index in [9.17, 15) is 14.4 Å². The highest BCUT2D eigenvalue weighted by molar-refractivity contribution is 5.95. The van der Waals surface area contributed by atoms with Crippen LogP contribution in [-0.2, 0) is 14.3 Å². The predicted octanol–water partition coefficient (Wildman–Crippen LogP) is 4.71. The summed E-state index contributed by atoms with van der Waals surface area (Å²) in [6.07, 6.45) is 4.30. The summed E-state index contributed by atoms with van der Waals surface area (Å²) < 4.78 is 12.1. The lowest BCUT2D eigenvalue weighted by molar-refractivity contribution is -0.142. The summed E-state index contributed by atoms with van der Waals surface area (Å²) in [5, 5.41) is 16.9. The van der Waals surface area contributed by atoms with Gasteiger partial charge in [-0.15, -0.1) is 0 Å². The second-order valence-corrected chi connectivity index (χ2v) is 8.38. The van der Waals surface area contributed by atoms with Crippen LogP contribution < -0.4 is 10.9 Å². The van der Waals surface area contributed by atoms with Crippen LogP contribution in [0, 0.1) is 11.3 Å². The van der Waals surface area contributed by atoms with Gasteiger partial charge in [0.1, 0.15) is 11.3 Å². The van der Waals surface area contributed by atoms with Gasteiger partial charge in [0.05, 0.1) is 22.9 Å². The van der Waals surface area contributed by atoms with Gasteiger partial charge in [-0.3, -0.25) is 4.79 Å². The van der Waals surface area contributed by atoms with E-state index >= 15 is 0 Å². The molecule has 0 fully saturated rings. The van der Waals surface area contributed by atoms with Crippen LogP contribution in [0.15, 0.2) is 106 Å². The molecule has 39 heavy (non-hydrogen) atoms. The molecule has 5 rings (SSSR count). The number of aromatic nitrogens is 2. The van der Waals surface area contributed by atoms with E-state index in [0.717, 1.165) is 17.1 Å². The summed E-state index contributed by atoms with van der Waals surface area (Å²) in [7, 11) is 0. The third-order valence-electron chi connectivity index (χ3n) is 5.68. The number of amides is 1. The number of para-hydroxylation sites is 2. The number of carbonyl (C=O) groups is 2. The van der Waals surface area contributed by atoms with E-state index in [1.54, 1.807) is 47.3 Å². The maximum absolute atomic E-state index is 12.8. The number of hydrogen-bond acceptors (Lipinski definition) is 7. The number of esters is 1. The largest absolute Gasteiger partial charge is 0.452 e. The Bertz CT molecular complexity index is 1810. The van der Waals surface area contributed by atoms with Crippen LogP contribution in [0.1, 0.15) is 11.1 Å². The third kappa shape index (κ3) is 5.81. The Morgan fingerprint density at radius 2 is 1.82 bits per heavy atom. The molecule has 0 unspecified atom stereocenters. The monoisotopic (exact) mass is 516 g/mol. The van der Waals surface area contributed by atoms with Crippen molar-refractivity contribution in [3.63, 3.8) is 0 Å². The number of rotatable bonds is 7. The molecule has 0 bridgehead atoms. The van der Waals surface area contributed by atoms with E-state index in [1.165, 1.54) is 12.1 Å². The van der Waals surface area contributed by atoms with Crippen molar-refractivity contribution < 1.29 is 18.7 Å². The van der Waals surface area contributed by atoms with Crippen molar-refractivity contribution in [3.05, 3.63) is 119 Å². The summed E-state index contributed by atoms with van der Waals surface area (Å²) in [5.41, 5.74) is 2.46. The summed E-state index contributed by atoms with van der Waals surface area (Å²) in [5.74, 6) is -1.32. The van der Waals surface area contributed by atoms with E-state index < -0.39 is 24.1 Å². The Balaban J connectivity index is 1.37. The first-order chi connectivity index (χ1) is 19.0. The fraction of sp³-hybridized carbons (Fsp3) is 0.0333. The zero-order valence-corrected chi connectivity index (χ0v) is 20.4. The van der Waals surface area contributed by atoms with Crippen LogP contribution in [0.3, 0.4) is 0 Å². The smallest absolute Gasteiger partial charge is 0.345 e. The highest BCUT2D eigenvalue weighted by Gasteiger charge is 2.16. The summed E-state index contributed by atoms with van der Waals surface area (Å²) in [6.45, 7) is -0.523. The van der Waals surface area contributed by atoms with Crippen molar-refractivity contribution in [2.75, 3.05) is 11.9 Å². The Hall–Kier alpha value is -5.75. The van der Waals surface area contributed by atoms with Gasteiger partial charge in [0.25, 0.3) is 5.91 Å². The van der Waals surface area contributed by atoms with Crippen LogP contribution >= 0.6 is 0 Å². The molecule has 190 valence electrons. The number of nitrogens with one attached hydrogen (secondary N) is 1. The van der Waals surface area contributed by atoms with E-state index in [0.29, 0.717) is 28.1 Å². The van der Waals surface area contributed by atoms with Crippen LogP contribution in [0.25, 0.3) is 34.0 Å². The molecule has 0 spiro atoms. The number of carbonyl (C=O) groups excluding carboxylic acids is 2. The number of hydrogen-bond donors (Lipinski definition) is 1. The van der Waals surface area contributed by atoms with E-state index in [4.69, 9.17) is 14.4 Å². The number of nitrogens with zero attached hydrogens (tertiary/aromatic N) is 3. The molecule has 5 aromatic rings. The molecule has 2 heterocycles. The lowest BCUT2D eigenvalue weighted by Crippen LogP contribution is -2.20. The van der Waals surface area contributed by atoms with Crippen molar-refractivity contribution in [1.29, 1.82) is 5.26 Å². The fourth-order valence-electron chi connectivity index (χ4n) is 3.86. The molecule has 0 atom stereocenters. The highest BCUT2D eigenvalue weighted by Crippen LogP contribution is 2.25. The van der Waals surface area contributed by atoms with Gasteiger partial charge in [0, 0.05) is 28.9 Å². The van der Waals surface area contributed by atoms with Crippen LogP contribution in [0.2, 0.25) is 0 Å². The molecule has 0 saturated carbocycles. The number of ether oxygens (including phenoxy) is 1. The molecule has 1 N–H and O–H groups in total. The molecule has 0 saturated heterocycles. The number of nitriles is 1. The van der Waals surface area contributed by atoms with Crippen molar-refractivity contribution in [1.82, 2.24) is 9.78 Å². The number of anilines is 1. The van der Waals surface area contributed by atoms with Crippen molar-refractivity contribution in [2.45, 2.75) is 0 Å². The lowest BCUT2D eigenvalue weighted by atomic mass is 10.1. The SMILES string of the molecule is N#Cc1cccc(NC(=O)COC(=O)C=Cc2cn(-c3ccccc3)nc2-c2cc3ccccc3oc2=O)c1. The van der Waals surface area contributed by atoms with Crippen molar-refractivity contribution >= 4 is 34.6 Å². The maximum atomic E-state index is 12.8. The summed E-state index contributed by atoms with van der Waals surface area (Å²) in [4.78, 5) is 37.4. The van der Waals surface area contributed by atoms with Crippen LogP contribution in [0.4, 0.5) is 5.69 Å². The first-order valence-electron chi connectivity index (χ1n) is 11.8. The van der Waals surface area contributed by atoms with Crippen LogP contribution in [0.5, 0.6) is 0 Å². The third-order valence-corrected chi connectivity index (χ3v) is 5.68. The highest BCUT2D eigenvalue weighted by atomic mass is 16.5. The Kier molecular flexibility index (Phi) is 7.10. The standard InChI is InChI=1S/C30H20N4O5/c31-17-20-7-6-9-23(15-20)32-27(35)19-38-28(36)14-13-22-18-34(24-10-2-1-3-11-24)33-29(22)25-16-21-8-4-5-12-26(21)39-30(25)37/h1-16,18H,19H2,(H,32,35). The Morgan fingerprint density at radius 1 is 1.03 bits per heavy atom. The van der Waals surface area contributed by atoms with Gasteiger partial charge in [-0.05, 0) is 48.5 Å². The molecule has 3 aromatic carbocycles. The average Bonchev–Trinajstić information content (AvgIpc) is 3.39. The van der Waals surface area contributed by atoms with Gasteiger partial charge in [-0.1, -0.05) is 42.5 Å². The average molecular weight is 517 g/mol. The van der Waals surface area contributed by atoms with Crippen molar-refractivity contribution in [2.24, 2.45) is 0 Å². The molecular formula is C30H20N4O5. The second-order valence-electron chi connectivity index (χ2n) is 8.38. The van der Waals surface area contributed by atoms with Gasteiger partial charge in [-0.2, -0.15) is 10.4 Å². The maximum Gasteiger partial charge on any atom is 0.345 e. The molecule has 2 aromatic heterocycles. The minimum atomic E-state index is -0.764. The van der Waals surface area contributed by atoms with Crippen LogP contribution in [-0.4, -0.2) is 28.3 Å². The molecule has 0 radical (unpaired) electrons. The Labute approximate surface area is 222 Å². The Morgan fingerprint density at radius 3 is 2.64 bits per heavy atom. The fourth-order valence-corrected chi connectivity index (χ4v) is 3.86. The molecule has 0 aliphatic carbocycles. The van der Waals surface area contributed by atoms with Gasteiger partial charge in [0.15, 0.2) is 6.61 Å². The zero-order chi connectivity index (χ0) is 27.2. The van der Waals surface area contributed by atoms with Gasteiger partial charge in [0.2, 0.25) is 0 Å². The predicted molar refractivity (Wildman–Crippen MR) is 145 cm³/mol. The first kappa shape index (κ1) is 24.9. The first-order valence-corrected chi connectivity index (χ1v) is 11.8. The quantitative estimate of drug-likeness (QED) is 0.188. The topological polar surface area (TPSA) is 127 Å². The number of benzene rings is 3. The summed E-state index contributed by atoms with van der Waals surface area (Å²) in [6, 6.07) is 26.5. The second kappa shape index (κ2) is 11.1. The van der Waals surface area contributed by atoms with Gasteiger partial charge in [-0.25, -0.2) is 14.3 Å². The molecule has 9 heteroatoms.